The van der Waals surface area contributed by atoms with Gasteiger partial charge >= 0.3 is 0 Å². The molecule has 0 radical (unpaired) electrons. The number of aryl methyl sites for hydroxylation is 1. The van der Waals surface area contributed by atoms with Gasteiger partial charge in [-0.2, -0.15) is 0 Å². The molecule has 0 saturated heterocycles. The molecule has 0 amide bonds. The molecule has 0 atom stereocenters. The smallest absolute Gasteiger partial charge is 0.184 e. The quantitative estimate of drug-likeness (QED) is 0.551. The highest BCUT2D eigenvalue weighted by Gasteiger charge is 2.15. The maximum Gasteiger partial charge on any atom is 0.184 e. The van der Waals surface area contributed by atoms with E-state index in [0.29, 0.717) is 24.4 Å². The summed E-state index contributed by atoms with van der Waals surface area (Å²) < 4.78 is 7.21. The number of hydrogen-bond donors (Lipinski definition) is 1. The monoisotopic (exact) mass is 348 g/mol. The highest BCUT2D eigenvalue weighted by molar-refractivity contribution is 5.82. The largest absolute Gasteiger partial charge is 0.467 e. The van der Waals surface area contributed by atoms with Crippen molar-refractivity contribution in [3.63, 3.8) is 0 Å². The number of anilines is 1. The summed E-state index contributed by atoms with van der Waals surface area (Å²) in [6, 6.07) is 14.0. The molecule has 4 aromatic rings. The zero-order chi connectivity index (χ0) is 17.8. The van der Waals surface area contributed by atoms with Crippen molar-refractivity contribution in [3.05, 3.63) is 65.9 Å². The molecule has 0 saturated carbocycles. The Morgan fingerprint density at radius 2 is 1.96 bits per heavy atom. The molecule has 7 nitrogen and oxygen atoms in total. The second-order valence-corrected chi connectivity index (χ2v) is 6.08. The van der Waals surface area contributed by atoms with Crippen LogP contribution in [0.15, 0.2) is 53.1 Å². The summed E-state index contributed by atoms with van der Waals surface area (Å²) in [7, 11) is 0. The average Bonchev–Trinajstić information content (AvgIpc) is 3.31. The number of rotatable bonds is 7. The van der Waals surface area contributed by atoms with Gasteiger partial charge in [-0.1, -0.05) is 42.5 Å². The molecule has 4 rings (SSSR count). The minimum atomic E-state index is 0.538. The summed E-state index contributed by atoms with van der Waals surface area (Å²) in [5, 5.41) is 11.9. The number of nitrogens with one attached hydrogen (secondary N) is 1. The van der Waals surface area contributed by atoms with Gasteiger partial charge in [0.1, 0.15) is 11.6 Å². The van der Waals surface area contributed by atoms with Crippen LogP contribution in [0.2, 0.25) is 0 Å². The number of benzene rings is 1. The van der Waals surface area contributed by atoms with Crippen molar-refractivity contribution in [3.8, 4) is 0 Å². The van der Waals surface area contributed by atoms with Gasteiger partial charge in [0.25, 0.3) is 0 Å². The van der Waals surface area contributed by atoms with Crippen LogP contribution in [0.3, 0.4) is 0 Å². The fourth-order valence-corrected chi connectivity index (χ4v) is 2.81. The van der Waals surface area contributed by atoms with Crippen LogP contribution in [-0.2, 0) is 19.5 Å². The Morgan fingerprint density at radius 1 is 1.08 bits per heavy atom. The van der Waals surface area contributed by atoms with Gasteiger partial charge in [-0.3, -0.25) is 0 Å². The van der Waals surface area contributed by atoms with E-state index in [1.807, 2.05) is 35.0 Å². The molecular weight excluding hydrogens is 328 g/mol. The van der Waals surface area contributed by atoms with Crippen molar-refractivity contribution >= 4 is 17.0 Å². The topological polar surface area (TPSA) is 81.7 Å². The van der Waals surface area contributed by atoms with Crippen LogP contribution >= 0.6 is 0 Å². The van der Waals surface area contributed by atoms with E-state index < -0.39 is 0 Å². The molecule has 7 heteroatoms. The first-order valence-electron chi connectivity index (χ1n) is 8.74. The number of fused-ring (bicyclic) bond motifs is 1. The summed E-state index contributed by atoms with van der Waals surface area (Å²) >= 11 is 0. The average molecular weight is 348 g/mol. The van der Waals surface area contributed by atoms with Crippen molar-refractivity contribution in [2.24, 2.45) is 0 Å². The Morgan fingerprint density at radius 3 is 2.73 bits per heavy atom. The normalized spacial score (nSPS) is 11.1. The molecule has 3 aromatic heterocycles. The molecule has 132 valence electrons. The third-order valence-electron chi connectivity index (χ3n) is 4.07. The number of aromatic nitrogens is 5. The van der Waals surface area contributed by atoms with E-state index in [0.717, 1.165) is 35.6 Å². The highest BCUT2D eigenvalue weighted by atomic mass is 16.3. The van der Waals surface area contributed by atoms with Gasteiger partial charge in [-0.25, -0.2) is 14.6 Å². The Balaban J connectivity index is 1.68. The molecule has 0 aliphatic rings. The Hall–Kier alpha value is -3.22. The van der Waals surface area contributed by atoms with E-state index in [1.165, 1.54) is 0 Å². The molecule has 0 unspecified atom stereocenters. The lowest BCUT2D eigenvalue weighted by Gasteiger charge is -2.07. The number of furan rings is 1. The Labute approximate surface area is 151 Å². The van der Waals surface area contributed by atoms with Crippen molar-refractivity contribution < 1.29 is 4.42 Å². The van der Waals surface area contributed by atoms with Crippen LogP contribution in [0.4, 0.5) is 5.82 Å². The molecule has 26 heavy (non-hydrogen) atoms. The van der Waals surface area contributed by atoms with Crippen LogP contribution in [0.5, 0.6) is 0 Å². The lowest BCUT2D eigenvalue weighted by atomic mass is 10.2. The number of nitrogens with zero attached hydrogens (tertiary/aromatic N) is 5. The summed E-state index contributed by atoms with van der Waals surface area (Å²) in [6.45, 7) is 3.27. The van der Waals surface area contributed by atoms with Gasteiger partial charge in [0.05, 0.1) is 19.4 Å². The molecule has 0 spiro atoms. The summed E-state index contributed by atoms with van der Waals surface area (Å²) in [6.07, 6.45) is 3.44. The zero-order valence-electron chi connectivity index (χ0n) is 14.6. The van der Waals surface area contributed by atoms with E-state index in [4.69, 9.17) is 9.40 Å². The third kappa shape index (κ3) is 3.42. The third-order valence-corrected chi connectivity index (χ3v) is 4.07. The van der Waals surface area contributed by atoms with E-state index in [9.17, 15) is 0 Å². The highest BCUT2D eigenvalue weighted by Crippen LogP contribution is 2.20. The lowest BCUT2D eigenvalue weighted by Crippen LogP contribution is -2.07. The van der Waals surface area contributed by atoms with Gasteiger partial charge < -0.3 is 9.73 Å². The minimum absolute atomic E-state index is 0.538. The lowest BCUT2D eigenvalue weighted by molar-refractivity contribution is 0.518. The van der Waals surface area contributed by atoms with E-state index in [1.54, 1.807) is 6.26 Å². The molecule has 3 heterocycles. The summed E-state index contributed by atoms with van der Waals surface area (Å²) in [5.74, 6) is 2.32. The van der Waals surface area contributed by atoms with Gasteiger partial charge in [-0.15, -0.1) is 5.10 Å². The van der Waals surface area contributed by atoms with Gasteiger partial charge in [-0.05, 0) is 24.1 Å². The maximum atomic E-state index is 5.38. The van der Waals surface area contributed by atoms with Crippen LogP contribution in [0, 0.1) is 0 Å². The Bertz CT molecular complexity index is 978. The SMILES string of the molecule is CCCc1nc(NCc2ccco2)c2nnn(Cc3ccccc3)c2n1. The van der Waals surface area contributed by atoms with Crippen molar-refractivity contribution in [2.45, 2.75) is 32.9 Å². The Kier molecular flexibility index (Phi) is 4.59. The molecule has 1 aromatic carbocycles. The van der Waals surface area contributed by atoms with E-state index in [-0.39, 0.29) is 0 Å². The first-order chi connectivity index (χ1) is 12.8. The van der Waals surface area contributed by atoms with Crippen LogP contribution in [0.1, 0.15) is 30.5 Å². The van der Waals surface area contributed by atoms with Gasteiger partial charge in [0.2, 0.25) is 0 Å². The summed E-state index contributed by atoms with van der Waals surface area (Å²) in [5.41, 5.74) is 2.57. The van der Waals surface area contributed by atoms with Crippen molar-refractivity contribution in [1.29, 1.82) is 0 Å². The van der Waals surface area contributed by atoms with Gasteiger partial charge in [0, 0.05) is 6.42 Å². The fraction of sp³-hybridized carbons (Fsp3) is 0.263. The predicted octanol–water partition coefficient (Wildman–Crippen LogP) is 3.43. The molecule has 0 fully saturated rings. The van der Waals surface area contributed by atoms with Crippen LogP contribution in [-0.4, -0.2) is 25.0 Å². The first kappa shape index (κ1) is 16.3. The van der Waals surface area contributed by atoms with E-state index >= 15 is 0 Å². The zero-order valence-corrected chi connectivity index (χ0v) is 14.6. The number of hydrogen-bond acceptors (Lipinski definition) is 6. The minimum Gasteiger partial charge on any atom is -0.467 e. The molecular formula is C19H20N6O. The first-order valence-corrected chi connectivity index (χ1v) is 8.74. The van der Waals surface area contributed by atoms with Gasteiger partial charge in [0.15, 0.2) is 17.0 Å². The predicted molar refractivity (Wildman–Crippen MR) is 98.7 cm³/mol. The maximum absolute atomic E-state index is 5.38. The molecule has 0 bridgehead atoms. The van der Waals surface area contributed by atoms with Crippen LogP contribution in [0.25, 0.3) is 11.2 Å². The van der Waals surface area contributed by atoms with Crippen molar-refractivity contribution in [2.75, 3.05) is 5.32 Å². The van der Waals surface area contributed by atoms with Crippen LogP contribution < -0.4 is 5.32 Å². The molecule has 0 aliphatic carbocycles. The fourth-order valence-electron chi connectivity index (χ4n) is 2.81. The second-order valence-electron chi connectivity index (χ2n) is 6.08. The molecule has 0 aliphatic heterocycles. The standard InChI is InChI=1S/C19H20N6O/c1-2-7-16-21-18(20-12-15-10-6-11-26-15)17-19(22-16)25(24-23-17)13-14-8-4-3-5-9-14/h3-6,8-11H,2,7,12-13H2,1H3,(H,20,21,22). The second kappa shape index (κ2) is 7.35. The van der Waals surface area contributed by atoms with Crippen molar-refractivity contribution in [1.82, 2.24) is 25.0 Å². The van der Waals surface area contributed by atoms with E-state index in [2.05, 4.69) is 39.7 Å². The summed E-state index contributed by atoms with van der Waals surface area (Å²) in [4.78, 5) is 9.32. The molecule has 1 N–H and O–H groups in total.